The Balaban J connectivity index is 1.85. The van der Waals surface area contributed by atoms with Crippen molar-refractivity contribution in [3.63, 3.8) is 0 Å². The molecule has 0 unspecified atom stereocenters. The van der Waals surface area contributed by atoms with E-state index in [0.717, 1.165) is 16.8 Å². The van der Waals surface area contributed by atoms with Crippen molar-refractivity contribution < 1.29 is 4.79 Å². The zero-order valence-electron chi connectivity index (χ0n) is 11.6. The molecule has 0 aromatic heterocycles. The second kappa shape index (κ2) is 7.73. The van der Waals surface area contributed by atoms with E-state index in [0.29, 0.717) is 13.1 Å². The molecule has 2 amide bonds. The minimum atomic E-state index is -0.236. The molecule has 0 aliphatic heterocycles. The number of carbonyl (C=O) groups is 1. The third-order valence-corrected chi connectivity index (χ3v) is 2.77. The van der Waals surface area contributed by atoms with Crippen molar-refractivity contribution in [2.24, 2.45) is 5.73 Å². The third-order valence-electron chi connectivity index (χ3n) is 2.77. The summed E-state index contributed by atoms with van der Waals surface area (Å²) in [5.74, 6) is 5.71. The molecule has 0 aliphatic rings. The Morgan fingerprint density at radius 1 is 1.05 bits per heavy atom. The van der Waals surface area contributed by atoms with Gasteiger partial charge in [-0.3, -0.25) is 0 Å². The summed E-state index contributed by atoms with van der Waals surface area (Å²) < 4.78 is 0. The van der Waals surface area contributed by atoms with Crippen LogP contribution in [-0.2, 0) is 6.54 Å². The molecule has 0 heterocycles. The number of urea groups is 1. The van der Waals surface area contributed by atoms with Crippen LogP contribution in [0.1, 0.15) is 11.1 Å². The zero-order valence-corrected chi connectivity index (χ0v) is 11.6. The van der Waals surface area contributed by atoms with Gasteiger partial charge in [0.1, 0.15) is 0 Å². The van der Waals surface area contributed by atoms with Crippen molar-refractivity contribution in [3.8, 4) is 11.8 Å². The number of benzene rings is 2. The topological polar surface area (TPSA) is 67.1 Å². The highest BCUT2D eigenvalue weighted by atomic mass is 16.2. The SMILES string of the molecule is NCC#Cc1ccc(NC(=O)NCc2ccccc2)cc1. The standard InChI is InChI=1S/C17H17N3O/c18-12-4-7-14-8-10-16(11-9-14)20-17(21)19-13-15-5-2-1-3-6-15/h1-3,5-6,8-11H,12-13,18H2,(H2,19,20,21). The summed E-state index contributed by atoms with van der Waals surface area (Å²) in [5.41, 5.74) is 7.96. The summed E-state index contributed by atoms with van der Waals surface area (Å²) >= 11 is 0. The van der Waals surface area contributed by atoms with Gasteiger partial charge in [-0.25, -0.2) is 4.79 Å². The molecule has 21 heavy (non-hydrogen) atoms. The molecule has 0 atom stereocenters. The number of hydrogen-bond acceptors (Lipinski definition) is 2. The van der Waals surface area contributed by atoms with Crippen LogP contribution in [0.4, 0.5) is 10.5 Å². The lowest BCUT2D eigenvalue weighted by atomic mass is 10.2. The minimum absolute atomic E-state index is 0.236. The molecule has 4 heteroatoms. The summed E-state index contributed by atoms with van der Waals surface area (Å²) in [6, 6.07) is 16.8. The van der Waals surface area contributed by atoms with Gasteiger partial charge in [-0.15, -0.1) is 0 Å². The Kier molecular flexibility index (Phi) is 5.39. The van der Waals surface area contributed by atoms with Gasteiger partial charge in [0.05, 0.1) is 6.54 Å². The lowest BCUT2D eigenvalue weighted by Crippen LogP contribution is -2.28. The number of carbonyl (C=O) groups excluding carboxylic acids is 1. The highest BCUT2D eigenvalue weighted by Crippen LogP contribution is 2.08. The molecule has 0 radical (unpaired) electrons. The van der Waals surface area contributed by atoms with Crippen molar-refractivity contribution in [3.05, 3.63) is 65.7 Å². The van der Waals surface area contributed by atoms with Crippen LogP contribution < -0.4 is 16.4 Å². The molecule has 4 nitrogen and oxygen atoms in total. The molecule has 0 aliphatic carbocycles. The zero-order chi connectivity index (χ0) is 14.9. The second-order valence-corrected chi connectivity index (χ2v) is 4.38. The van der Waals surface area contributed by atoms with Gasteiger partial charge in [0.25, 0.3) is 0 Å². The highest BCUT2D eigenvalue weighted by Gasteiger charge is 2.01. The first-order valence-corrected chi connectivity index (χ1v) is 6.66. The molecule has 0 saturated carbocycles. The molecule has 0 spiro atoms. The molecule has 4 N–H and O–H groups in total. The van der Waals surface area contributed by atoms with Gasteiger partial charge in [-0.2, -0.15) is 0 Å². The smallest absolute Gasteiger partial charge is 0.319 e. The van der Waals surface area contributed by atoms with Gasteiger partial charge in [0.15, 0.2) is 0 Å². The molecule has 0 saturated heterocycles. The largest absolute Gasteiger partial charge is 0.334 e. The predicted molar refractivity (Wildman–Crippen MR) is 84.7 cm³/mol. The maximum absolute atomic E-state index is 11.8. The normalized spacial score (nSPS) is 9.38. The van der Waals surface area contributed by atoms with E-state index in [1.807, 2.05) is 54.6 Å². The van der Waals surface area contributed by atoms with E-state index in [2.05, 4.69) is 22.5 Å². The van der Waals surface area contributed by atoms with Crippen LogP contribution in [0.25, 0.3) is 0 Å². The fourth-order valence-corrected chi connectivity index (χ4v) is 1.74. The molecule has 2 aromatic rings. The number of hydrogen-bond donors (Lipinski definition) is 3. The van der Waals surface area contributed by atoms with Gasteiger partial charge in [-0.05, 0) is 29.8 Å². The van der Waals surface area contributed by atoms with Crippen molar-refractivity contribution >= 4 is 11.7 Å². The van der Waals surface area contributed by atoms with Crippen LogP contribution in [-0.4, -0.2) is 12.6 Å². The van der Waals surface area contributed by atoms with E-state index in [9.17, 15) is 4.79 Å². The van der Waals surface area contributed by atoms with Gasteiger partial charge in [0.2, 0.25) is 0 Å². The Labute approximate surface area is 124 Å². The van der Waals surface area contributed by atoms with Gasteiger partial charge < -0.3 is 16.4 Å². The Hall–Kier alpha value is -2.77. The highest BCUT2D eigenvalue weighted by molar-refractivity contribution is 5.89. The molecule has 0 bridgehead atoms. The molecule has 2 rings (SSSR count). The minimum Gasteiger partial charge on any atom is -0.334 e. The predicted octanol–water partition coefficient (Wildman–Crippen LogP) is 2.32. The van der Waals surface area contributed by atoms with Crippen LogP contribution in [0.3, 0.4) is 0 Å². The molecule has 0 fully saturated rings. The number of anilines is 1. The van der Waals surface area contributed by atoms with Gasteiger partial charge in [0, 0.05) is 17.8 Å². The van der Waals surface area contributed by atoms with E-state index in [1.54, 1.807) is 0 Å². The molecule has 106 valence electrons. The van der Waals surface area contributed by atoms with Crippen LogP contribution in [0.2, 0.25) is 0 Å². The van der Waals surface area contributed by atoms with E-state index < -0.39 is 0 Å². The summed E-state index contributed by atoms with van der Waals surface area (Å²) in [4.78, 5) is 11.8. The summed E-state index contributed by atoms with van der Waals surface area (Å²) in [7, 11) is 0. The third kappa shape index (κ3) is 5.01. The maximum atomic E-state index is 11.8. The van der Waals surface area contributed by atoms with Crippen molar-refractivity contribution in [2.45, 2.75) is 6.54 Å². The number of rotatable bonds is 3. The van der Waals surface area contributed by atoms with Crippen LogP contribution >= 0.6 is 0 Å². The average molecular weight is 279 g/mol. The van der Waals surface area contributed by atoms with Gasteiger partial charge >= 0.3 is 6.03 Å². The number of nitrogens with one attached hydrogen (secondary N) is 2. The maximum Gasteiger partial charge on any atom is 0.319 e. The summed E-state index contributed by atoms with van der Waals surface area (Å²) in [5, 5.41) is 5.57. The average Bonchev–Trinajstić information content (AvgIpc) is 2.53. The van der Waals surface area contributed by atoms with Crippen LogP contribution in [0.5, 0.6) is 0 Å². The Bertz CT molecular complexity index is 639. The van der Waals surface area contributed by atoms with E-state index in [1.165, 1.54) is 0 Å². The second-order valence-electron chi connectivity index (χ2n) is 4.38. The fraction of sp³-hybridized carbons (Fsp3) is 0.118. The summed E-state index contributed by atoms with van der Waals surface area (Å²) in [6.45, 7) is 0.828. The number of nitrogens with two attached hydrogens (primary N) is 1. The van der Waals surface area contributed by atoms with E-state index >= 15 is 0 Å². The number of amides is 2. The lowest BCUT2D eigenvalue weighted by Gasteiger charge is -2.07. The van der Waals surface area contributed by atoms with Crippen LogP contribution in [0.15, 0.2) is 54.6 Å². The Morgan fingerprint density at radius 2 is 1.76 bits per heavy atom. The van der Waals surface area contributed by atoms with Crippen LogP contribution in [0, 0.1) is 11.8 Å². The fourth-order valence-electron chi connectivity index (χ4n) is 1.74. The Morgan fingerprint density at radius 3 is 2.43 bits per heavy atom. The quantitative estimate of drug-likeness (QED) is 0.755. The lowest BCUT2D eigenvalue weighted by molar-refractivity contribution is 0.251. The molecular weight excluding hydrogens is 262 g/mol. The van der Waals surface area contributed by atoms with Crippen molar-refractivity contribution in [2.75, 3.05) is 11.9 Å². The monoisotopic (exact) mass is 279 g/mol. The van der Waals surface area contributed by atoms with Crippen molar-refractivity contribution in [1.29, 1.82) is 0 Å². The van der Waals surface area contributed by atoms with Crippen molar-refractivity contribution in [1.82, 2.24) is 5.32 Å². The van der Waals surface area contributed by atoms with E-state index in [4.69, 9.17) is 5.73 Å². The molecular formula is C17H17N3O. The van der Waals surface area contributed by atoms with E-state index in [-0.39, 0.29) is 6.03 Å². The first-order chi connectivity index (χ1) is 10.3. The van der Waals surface area contributed by atoms with Gasteiger partial charge in [-0.1, -0.05) is 42.2 Å². The first-order valence-electron chi connectivity index (χ1n) is 6.66. The molecule has 2 aromatic carbocycles. The summed E-state index contributed by atoms with van der Waals surface area (Å²) in [6.07, 6.45) is 0. The first kappa shape index (κ1) is 14.6.